The SMILES string of the molecule is Cc1c(N2CCNCC2)cc(C(=O)O)cc1[B-](F)(F)F.[K+]. The van der Waals surface area contributed by atoms with Gasteiger partial charge in [-0.15, -0.1) is 5.46 Å². The number of rotatable bonds is 3. The number of anilines is 1. The predicted octanol–water partition coefficient (Wildman–Crippen LogP) is -1.84. The molecule has 2 rings (SSSR count). The van der Waals surface area contributed by atoms with Gasteiger partial charge in [-0.05, 0) is 13.0 Å². The van der Waals surface area contributed by atoms with Gasteiger partial charge in [0, 0.05) is 31.9 Å². The topological polar surface area (TPSA) is 52.6 Å². The summed E-state index contributed by atoms with van der Waals surface area (Å²) in [6.07, 6.45) is 0. The van der Waals surface area contributed by atoms with Crippen LogP contribution in [0.3, 0.4) is 0 Å². The fraction of sp³-hybridized carbons (Fsp3) is 0.417. The summed E-state index contributed by atoms with van der Waals surface area (Å²) in [4.78, 5) is 12.8. The average molecular weight is 326 g/mol. The molecule has 1 aromatic carbocycles. The van der Waals surface area contributed by atoms with Crippen molar-refractivity contribution in [2.24, 2.45) is 0 Å². The molecule has 1 aromatic rings. The van der Waals surface area contributed by atoms with Crippen LogP contribution in [0.15, 0.2) is 12.1 Å². The fourth-order valence-corrected chi connectivity index (χ4v) is 2.42. The molecule has 1 heterocycles. The third-order valence-corrected chi connectivity index (χ3v) is 3.48. The third-order valence-electron chi connectivity index (χ3n) is 3.48. The molecule has 0 saturated carbocycles. The summed E-state index contributed by atoms with van der Waals surface area (Å²) in [5.74, 6) is -1.34. The molecule has 1 aliphatic heterocycles. The zero-order valence-electron chi connectivity index (χ0n) is 12.0. The van der Waals surface area contributed by atoms with Crippen molar-refractivity contribution in [3.05, 3.63) is 23.3 Å². The maximum atomic E-state index is 13.1. The molecule has 9 heteroatoms. The molecule has 0 amide bonds. The second kappa shape index (κ2) is 7.47. The number of hydrogen-bond donors (Lipinski definition) is 2. The van der Waals surface area contributed by atoms with Gasteiger partial charge < -0.3 is 28.3 Å². The number of aromatic carboxylic acids is 1. The van der Waals surface area contributed by atoms with Gasteiger partial charge in [0.1, 0.15) is 0 Å². The Hall–Kier alpha value is -0.0587. The Labute approximate surface area is 163 Å². The molecule has 0 aromatic heterocycles. The number of carbonyl (C=O) groups is 1. The first kappa shape index (κ1) is 19.0. The standard InChI is InChI=1S/C12H15BF3N2O2.K/c1-8-10(13(14,15)16)6-9(12(19)20)7-11(8)18-4-2-17-3-5-18;/h6-7,17H,2-5H2,1H3,(H,19,20);/q-1;+1. The second-order valence-corrected chi connectivity index (χ2v) is 4.83. The van der Waals surface area contributed by atoms with Gasteiger partial charge in [0.05, 0.1) is 5.56 Å². The molecule has 0 spiro atoms. The van der Waals surface area contributed by atoms with Gasteiger partial charge >= 0.3 is 64.3 Å². The van der Waals surface area contributed by atoms with E-state index in [2.05, 4.69) is 5.32 Å². The van der Waals surface area contributed by atoms with E-state index < -0.39 is 18.4 Å². The Balaban J connectivity index is 0.00000220. The summed E-state index contributed by atoms with van der Waals surface area (Å²) in [5, 5.41) is 12.1. The zero-order chi connectivity index (χ0) is 14.9. The predicted molar refractivity (Wildman–Crippen MR) is 71.9 cm³/mol. The minimum Gasteiger partial charge on any atom is -0.478 e. The van der Waals surface area contributed by atoms with Crippen LogP contribution >= 0.6 is 0 Å². The number of halogens is 3. The summed E-state index contributed by atoms with van der Waals surface area (Å²) in [7, 11) is 0. The molecule has 1 fully saturated rings. The van der Waals surface area contributed by atoms with Gasteiger partial charge in [0.2, 0.25) is 0 Å². The van der Waals surface area contributed by atoms with Crippen molar-refractivity contribution in [1.29, 1.82) is 0 Å². The monoisotopic (exact) mass is 326 g/mol. The van der Waals surface area contributed by atoms with Crippen LogP contribution in [0.2, 0.25) is 0 Å². The molecule has 0 radical (unpaired) electrons. The van der Waals surface area contributed by atoms with E-state index in [4.69, 9.17) is 5.11 Å². The van der Waals surface area contributed by atoms with Gasteiger partial charge in [0.15, 0.2) is 0 Å². The number of nitrogens with one attached hydrogen (secondary N) is 1. The van der Waals surface area contributed by atoms with Gasteiger partial charge in [-0.2, -0.15) is 0 Å². The minimum atomic E-state index is -5.23. The normalized spacial score (nSPS) is 15.5. The van der Waals surface area contributed by atoms with E-state index in [0.29, 0.717) is 31.9 Å². The first-order valence-corrected chi connectivity index (χ1v) is 6.34. The number of carboxylic acids is 1. The van der Waals surface area contributed by atoms with Gasteiger partial charge in [-0.25, -0.2) is 4.79 Å². The molecule has 21 heavy (non-hydrogen) atoms. The average Bonchev–Trinajstić information content (AvgIpc) is 2.38. The minimum absolute atomic E-state index is 0. The van der Waals surface area contributed by atoms with Crippen molar-refractivity contribution in [3.8, 4) is 0 Å². The molecule has 110 valence electrons. The Kier molecular flexibility index (Phi) is 6.76. The molecule has 0 bridgehead atoms. The quantitative estimate of drug-likeness (QED) is 0.641. The number of piperazine rings is 1. The fourth-order valence-electron chi connectivity index (χ4n) is 2.42. The van der Waals surface area contributed by atoms with Crippen molar-refractivity contribution in [2.75, 3.05) is 31.1 Å². The summed E-state index contributed by atoms with van der Waals surface area (Å²) < 4.78 is 39.2. The maximum absolute atomic E-state index is 13.1. The molecule has 1 saturated heterocycles. The van der Waals surface area contributed by atoms with Gasteiger partial charge in [-0.1, -0.05) is 11.6 Å². The second-order valence-electron chi connectivity index (χ2n) is 4.83. The van der Waals surface area contributed by atoms with Crippen molar-refractivity contribution in [3.63, 3.8) is 0 Å². The maximum Gasteiger partial charge on any atom is 1.00 e. The zero-order valence-corrected chi connectivity index (χ0v) is 15.1. The van der Waals surface area contributed by atoms with E-state index in [9.17, 15) is 17.7 Å². The van der Waals surface area contributed by atoms with Crippen LogP contribution < -0.4 is 67.1 Å². The molecule has 0 unspecified atom stereocenters. The molecule has 0 atom stereocenters. The summed E-state index contributed by atoms with van der Waals surface area (Å²) >= 11 is 0. The van der Waals surface area contributed by atoms with Gasteiger partial charge in [-0.3, -0.25) is 0 Å². The smallest absolute Gasteiger partial charge is 0.478 e. The van der Waals surface area contributed by atoms with Crippen LogP contribution in [-0.2, 0) is 0 Å². The Morgan fingerprint density at radius 2 is 1.86 bits per heavy atom. The van der Waals surface area contributed by atoms with Gasteiger partial charge in [0.25, 0.3) is 0 Å². The van der Waals surface area contributed by atoms with Crippen LogP contribution in [0.25, 0.3) is 0 Å². The Morgan fingerprint density at radius 1 is 1.29 bits per heavy atom. The van der Waals surface area contributed by atoms with Crippen LogP contribution in [0.4, 0.5) is 18.6 Å². The number of benzene rings is 1. The van der Waals surface area contributed by atoms with Crippen LogP contribution in [0, 0.1) is 6.92 Å². The van der Waals surface area contributed by atoms with E-state index in [0.717, 1.165) is 6.07 Å². The van der Waals surface area contributed by atoms with E-state index >= 15 is 0 Å². The molecular formula is C12H15BF3KN2O2. The summed E-state index contributed by atoms with van der Waals surface area (Å²) in [5.41, 5.74) is -0.679. The van der Waals surface area contributed by atoms with E-state index in [-0.39, 0.29) is 62.5 Å². The summed E-state index contributed by atoms with van der Waals surface area (Å²) in [6.45, 7) is -1.37. The van der Waals surface area contributed by atoms with Crippen molar-refractivity contribution < 1.29 is 74.2 Å². The van der Waals surface area contributed by atoms with E-state index in [1.54, 1.807) is 4.90 Å². The summed E-state index contributed by atoms with van der Waals surface area (Å²) in [6, 6.07) is 2.05. The van der Waals surface area contributed by atoms with Crippen LogP contribution in [0.1, 0.15) is 15.9 Å². The Morgan fingerprint density at radius 3 is 2.33 bits per heavy atom. The number of nitrogens with zero attached hydrogens (tertiary/aromatic N) is 1. The molecule has 2 N–H and O–H groups in total. The van der Waals surface area contributed by atoms with Crippen molar-refractivity contribution >= 4 is 24.1 Å². The molecule has 4 nitrogen and oxygen atoms in total. The molecule has 0 aliphatic carbocycles. The number of carboxylic acid groups (broad SMARTS) is 1. The largest absolute Gasteiger partial charge is 1.00 e. The first-order valence-electron chi connectivity index (χ1n) is 6.34. The molecule has 1 aliphatic rings. The van der Waals surface area contributed by atoms with Crippen LogP contribution in [-0.4, -0.2) is 44.2 Å². The third kappa shape index (κ3) is 4.46. The Bertz CT molecular complexity index is 534. The van der Waals surface area contributed by atoms with Crippen molar-refractivity contribution in [2.45, 2.75) is 6.92 Å². The van der Waals surface area contributed by atoms with Crippen LogP contribution in [0.5, 0.6) is 0 Å². The first-order chi connectivity index (χ1) is 9.30. The van der Waals surface area contributed by atoms with E-state index in [1.807, 2.05) is 0 Å². The van der Waals surface area contributed by atoms with Crippen molar-refractivity contribution in [1.82, 2.24) is 5.32 Å². The number of hydrogen-bond acceptors (Lipinski definition) is 3. The molecular weight excluding hydrogens is 311 g/mol. The van der Waals surface area contributed by atoms with E-state index in [1.165, 1.54) is 13.0 Å².